The topological polar surface area (TPSA) is 44.8 Å². The maximum absolute atomic E-state index is 11.7. The highest BCUT2D eigenvalue weighted by atomic mass is 16.7. The summed E-state index contributed by atoms with van der Waals surface area (Å²) in [6.45, 7) is 12.9. The van der Waals surface area contributed by atoms with Gasteiger partial charge in [0, 0.05) is 19.3 Å². The molecule has 0 aromatic rings. The van der Waals surface area contributed by atoms with Crippen LogP contribution in [-0.2, 0) is 19.0 Å². The average molecular weight is 353 g/mol. The third kappa shape index (κ3) is 3.81. The van der Waals surface area contributed by atoms with Crippen molar-refractivity contribution in [1.29, 1.82) is 0 Å². The molecule has 3 heterocycles. The van der Waals surface area contributed by atoms with E-state index in [4.69, 9.17) is 14.2 Å². The molecule has 3 saturated heterocycles. The molecule has 3 rings (SSSR count). The van der Waals surface area contributed by atoms with Gasteiger partial charge in [0.2, 0.25) is 0 Å². The van der Waals surface area contributed by atoms with E-state index in [1.807, 2.05) is 0 Å². The molecule has 0 saturated carbocycles. The van der Waals surface area contributed by atoms with Crippen LogP contribution in [0.4, 0.5) is 0 Å². The van der Waals surface area contributed by atoms with Crippen molar-refractivity contribution in [3.8, 4) is 0 Å². The van der Waals surface area contributed by atoms with E-state index in [9.17, 15) is 4.79 Å². The molecular weight excluding hydrogens is 316 g/mol. The molecule has 0 aromatic carbocycles. The van der Waals surface area contributed by atoms with Crippen molar-refractivity contribution in [3.05, 3.63) is 0 Å². The Bertz CT molecular complexity index is 492. The summed E-state index contributed by atoms with van der Waals surface area (Å²) in [5, 5.41) is 0. The van der Waals surface area contributed by atoms with E-state index in [0.717, 1.165) is 25.7 Å². The molecule has 0 bridgehead atoms. The molecule has 25 heavy (non-hydrogen) atoms. The van der Waals surface area contributed by atoms with E-state index < -0.39 is 5.79 Å². The summed E-state index contributed by atoms with van der Waals surface area (Å²) in [6, 6.07) is 0. The monoisotopic (exact) mass is 352 g/mol. The first-order chi connectivity index (χ1) is 11.7. The lowest BCUT2D eigenvalue weighted by molar-refractivity contribution is -0.368. The van der Waals surface area contributed by atoms with Crippen molar-refractivity contribution >= 4 is 5.78 Å². The molecule has 0 N–H and O–H groups in total. The molecule has 0 unspecified atom stereocenters. The van der Waals surface area contributed by atoms with Gasteiger partial charge in [-0.3, -0.25) is 4.79 Å². The Morgan fingerprint density at radius 2 is 1.68 bits per heavy atom. The van der Waals surface area contributed by atoms with Crippen molar-refractivity contribution < 1.29 is 19.0 Å². The van der Waals surface area contributed by atoms with Crippen molar-refractivity contribution in [3.63, 3.8) is 0 Å². The molecule has 4 heteroatoms. The van der Waals surface area contributed by atoms with Crippen LogP contribution in [0.3, 0.4) is 0 Å². The second kappa shape index (κ2) is 7.28. The van der Waals surface area contributed by atoms with E-state index in [-0.39, 0.29) is 24.1 Å². The molecule has 0 radical (unpaired) electrons. The Morgan fingerprint density at radius 3 is 2.32 bits per heavy atom. The fourth-order valence-electron chi connectivity index (χ4n) is 5.31. The van der Waals surface area contributed by atoms with Gasteiger partial charge in [-0.2, -0.15) is 0 Å². The van der Waals surface area contributed by atoms with Gasteiger partial charge in [0.25, 0.3) is 0 Å². The van der Waals surface area contributed by atoms with Gasteiger partial charge in [-0.25, -0.2) is 0 Å². The molecule has 0 amide bonds. The second-order valence-corrected chi connectivity index (χ2v) is 9.11. The maximum Gasteiger partial charge on any atom is 0.169 e. The predicted octanol–water partition coefficient (Wildman–Crippen LogP) is 4.35. The van der Waals surface area contributed by atoms with Crippen LogP contribution in [0.5, 0.6) is 0 Å². The lowest BCUT2D eigenvalue weighted by Crippen LogP contribution is -2.61. The third-order valence-corrected chi connectivity index (χ3v) is 6.87. The molecular formula is C21H36O4. The molecule has 0 aromatic heterocycles. The van der Waals surface area contributed by atoms with E-state index in [1.54, 1.807) is 6.92 Å². The van der Waals surface area contributed by atoms with Gasteiger partial charge < -0.3 is 14.2 Å². The zero-order chi connectivity index (χ0) is 18.4. The Kier molecular flexibility index (Phi) is 5.63. The second-order valence-electron chi connectivity index (χ2n) is 9.11. The van der Waals surface area contributed by atoms with Crippen molar-refractivity contribution in [2.24, 2.45) is 23.7 Å². The van der Waals surface area contributed by atoms with Crippen LogP contribution in [0, 0.1) is 23.7 Å². The number of fused-ring (bicyclic) bond motifs is 1. The van der Waals surface area contributed by atoms with Crippen LogP contribution in [0.15, 0.2) is 0 Å². The predicted molar refractivity (Wildman–Crippen MR) is 97.2 cm³/mol. The molecule has 9 atom stereocenters. The van der Waals surface area contributed by atoms with Gasteiger partial charge in [-0.1, -0.05) is 34.6 Å². The number of carbonyl (C=O) groups excluding carboxylic acids is 1. The van der Waals surface area contributed by atoms with Gasteiger partial charge in [0.15, 0.2) is 5.79 Å². The summed E-state index contributed by atoms with van der Waals surface area (Å²) in [6.07, 6.45) is 4.98. The molecule has 0 aliphatic carbocycles. The normalized spacial score (nSPS) is 50.5. The zero-order valence-corrected chi connectivity index (χ0v) is 16.8. The lowest BCUT2D eigenvalue weighted by Gasteiger charge is -2.56. The minimum atomic E-state index is -0.533. The fraction of sp³-hybridized carbons (Fsp3) is 0.952. The van der Waals surface area contributed by atoms with Crippen molar-refractivity contribution in [2.75, 3.05) is 0 Å². The molecule has 3 aliphatic heterocycles. The zero-order valence-electron chi connectivity index (χ0n) is 16.8. The Morgan fingerprint density at radius 1 is 1.00 bits per heavy atom. The number of hydrogen-bond acceptors (Lipinski definition) is 4. The van der Waals surface area contributed by atoms with Gasteiger partial charge in [-0.15, -0.1) is 0 Å². The molecule has 144 valence electrons. The van der Waals surface area contributed by atoms with Crippen molar-refractivity contribution in [2.45, 2.75) is 104 Å². The van der Waals surface area contributed by atoms with E-state index in [0.29, 0.717) is 36.2 Å². The first-order valence-corrected chi connectivity index (χ1v) is 10.2. The van der Waals surface area contributed by atoms with Gasteiger partial charge in [0.05, 0.1) is 24.4 Å². The van der Waals surface area contributed by atoms with Crippen LogP contribution in [0.25, 0.3) is 0 Å². The maximum atomic E-state index is 11.7. The highest BCUT2D eigenvalue weighted by Crippen LogP contribution is 2.49. The lowest BCUT2D eigenvalue weighted by atomic mass is 9.74. The van der Waals surface area contributed by atoms with Crippen LogP contribution in [0.1, 0.15) is 73.6 Å². The number of ether oxygens (including phenoxy) is 3. The number of carbonyl (C=O) groups is 1. The number of rotatable bonds is 3. The summed E-state index contributed by atoms with van der Waals surface area (Å²) < 4.78 is 19.5. The van der Waals surface area contributed by atoms with Crippen LogP contribution >= 0.6 is 0 Å². The largest absolute Gasteiger partial charge is 0.372 e. The molecule has 3 fully saturated rings. The number of ketones is 1. The van der Waals surface area contributed by atoms with E-state index in [2.05, 4.69) is 34.6 Å². The van der Waals surface area contributed by atoms with Gasteiger partial charge >= 0.3 is 0 Å². The standard InChI is InChI=1S/C21H36O4/c1-7-17-12(2)8-19-20(23-17)14(4)11-21(25-19)10-13(3)16(6)18(24-21)9-15(5)22/h12-14,16-20H,7-11H2,1-6H3/t12-,13+,14+,16+,17-,18+,19+,20+,21-/m1/s1. The summed E-state index contributed by atoms with van der Waals surface area (Å²) in [5.74, 6) is 1.47. The third-order valence-electron chi connectivity index (χ3n) is 6.87. The fourth-order valence-corrected chi connectivity index (χ4v) is 5.31. The smallest absolute Gasteiger partial charge is 0.169 e. The molecule has 1 spiro atoms. The van der Waals surface area contributed by atoms with E-state index >= 15 is 0 Å². The minimum Gasteiger partial charge on any atom is -0.372 e. The Labute approximate surface area is 153 Å². The first kappa shape index (κ1) is 19.3. The summed E-state index contributed by atoms with van der Waals surface area (Å²) in [7, 11) is 0. The number of hydrogen-bond donors (Lipinski definition) is 0. The molecule has 3 aliphatic rings. The summed E-state index contributed by atoms with van der Waals surface area (Å²) in [5.41, 5.74) is 0. The highest BCUT2D eigenvalue weighted by molar-refractivity contribution is 5.76. The quantitative estimate of drug-likeness (QED) is 0.757. The molecule has 4 nitrogen and oxygen atoms in total. The summed E-state index contributed by atoms with van der Waals surface area (Å²) >= 11 is 0. The van der Waals surface area contributed by atoms with Crippen LogP contribution in [0.2, 0.25) is 0 Å². The minimum absolute atomic E-state index is 0.0321. The van der Waals surface area contributed by atoms with E-state index in [1.165, 1.54) is 0 Å². The highest BCUT2D eigenvalue weighted by Gasteiger charge is 2.54. The first-order valence-electron chi connectivity index (χ1n) is 10.2. The van der Waals surface area contributed by atoms with Gasteiger partial charge in [0.1, 0.15) is 5.78 Å². The van der Waals surface area contributed by atoms with Crippen LogP contribution < -0.4 is 0 Å². The number of Topliss-reactive ketones (excluding diaryl/α,β-unsaturated/α-hetero) is 1. The Balaban J connectivity index is 1.77. The summed E-state index contributed by atoms with van der Waals surface area (Å²) in [4.78, 5) is 11.7. The SMILES string of the molecule is CC[C@H]1O[C@@H]2[C@H](C[C@H]1C)O[C@]1(C[C@H](C)[C@H](C)[C@H](CC(C)=O)O1)C[C@@H]2C. The van der Waals surface area contributed by atoms with Crippen molar-refractivity contribution in [1.82, 2.24) is 0 Å². The van der Waals surface area contributed by atoms with Crippen LogP contribution in [-0.4, -0.2) is 36.0 Å². The Hall–Kier alpha value is -0.450. The average Bonchev–Trinajstić information content (AvgIpc) is 2.51. The van der Waals surface area contributed by atoms with Gasteiger partial charge in [-0.05, 0) is 43.4 Å².